The van der Waals surface area contributed by atoms with Crippen LogP contribution in [0, 0.1) is 11.8 Å². The number of aromatic carboxylic acids is 1. The Balaban J connectivity index is 0.00000368. The maximum Gasteiger partial charge on any atom is 1.00 e. The molecule has 4 rings (SSSR count). The smallest absolute Gasteiger partial charge is 0.744 e. The first kappa shape index (κ1) is 42.4. The molecule has 1 aromatic heterocycles. The number of amidine groups is 1. The Kier molecular flexibility index (Phi) is 17.5. The van der Waals surface area contributed by atoms with Crippen molar-refractivity contribution in [1.29, 1.82) is 0 Å². The number of aromatic nitrogens is 2. The topological polar surface area (TPSA) is 245 Å². The summed E-state index contributed by atoms with van der Waals surface area (Å²) < 4.78 is 67.3. The van der Waals surface area contributed by atoms with Crippen molar-refractivity contribution in [3.63, 3.8) is 0 Å². The summed E-state index contributed by atoms with van der Waals surface area (Å²) in [5.74, 6) is -6.46. The summed E-state index contributed by atoms with van der Waals surface area (Å²) in [5.41, 5.74) is 2.40. The Bertz CT molecular complexity index is 1880. The molecule has 0 spiro atoms. The van der Waals surface area contributed by atoms with E-state index >= 15 is 0 Å². The number of phenolic OH excluding ortho intramolecular Hbond substituents is 1. The molecule has 0 radical (unpaired) electrons. The first-order valence-electron chi connectivity index (χ1n) is 11.5. The van der Waals surface area contributed by atoms with Gasteiger partial charge in [0, 0.05) is 16.0 Å². The van der Waals surface area contributed by atoms with Crippen LogP contribution in [0.5, 0.6) is 5.75 Å². The van der Waals surface area contributed by atoms with Crippen molar-refractivity contribution in [3.8, 4) is 5.75 Å². The predicted octanol–water partition coefficient (Wildman–Crippen LogP) is -1.81. The van der Waals surface area contributed by atoms with Gasteiger partial charge < -0.3 is 35.9 Å². The van der Waals surface area contributed by atoms with E-state index in [1.54, 1.807) is 18.2 Å². The normalized spacial score (nSPS) is 11.2. The summed E-state index contributed by atoms with van der Waals surface area (Å²) in [6, 6.07) is 12.8. The summed E-state index contributed by atoms with van der Waals surface area (Å²) in [7, 11) is -5.18. The van der Waals surface area contributed by atoms with E-state index in [1.807, 2.05) is 0 Å². The molecule has 16 nitrogen and oxygen atoms in total. The van der Waals surface area contributed by atoms with E-state index < -0.39 is 55.7 Å². The second-order valence-corrected chi connectivity index (χ2v) is 10.2. The van der Waals surface area contributed by atoms with Crippen LogP contribution in [0.25, 0.3) is 5.43 Å². The Morgan fingerprint density at radius 3 is 2.40 bits per heavy atom. The number of hydrogen-bond acceptors (Lipinski definition) is 14. The van der Waals surface area contributed by atoms with Crippen LogP contribution in [0.2, 0.25) is 0 Å². The summed E-state index contributed by atoms with van der Waals surface area (Å²) in [5, 5.41) is 47.5. The van der Waals surface area contributed by atoms with Crippen LogP contribution in [0.3, 0.4) is 0 Å². The minimum Gasteiger partial charge on any atom is -0.744 e. The van der Waals surface area contributed by atoms with Gasteiger partial charge in [0.15, 0.2) is 17.4 Å². The van der Waals surface area contributed by atoms with E-state index in [4.69, 9.17) is 0 Å². The largest absolute Gasteiger partial charge is 1.00 e. The summed E-state index contributed by atoms with van der Waals surface area (Å²) in [6.07, 6.45) is 0.646. The molecule has 0 aliphatic heterocycles. The van der Waals surface area contributed by atoms with Crippen molar-refractivity contribution in [1.82, 2.24) is 9.97 Å². The third-order valence-electron chi connectivity index (χ3n) is 5.25. The number of nitrogens with one attached hydrogen (secondary N) is 1. The minimum absolute atomic E-state index is 0. The molecule has 4 aromatic rings. The van der Waals surface area contributed by atoms with Crippen LogP contribution >= 0.6 is 12.0 Å². The average molecular weight is 756 g/mol. The van der Waals surface area contributed by atoms with Gasteiger partial charge in [-0.15, -0.1) is 15.9 Å². The number of hydrogen-bond donors (Lipinski definition) is 3. The van der Waals surface area contributed by atoms with Crippen LogP contribution in [0.1, 0.15) is 15.9 Å². The molecule has 0 unspecified atom stereocenters. The van der Waals surface area contributed by atoms with Gasteiger partial charge in [-0.1, -0.05) is 36.4 Å². The van der Waals surface area contributed by atoms with Gasteiger partial charge in [0.1, 0.15) is 22.1 Å². The fraction of sp³-hybridized carbons (Fsp3) is 0. The molecule has 3 N–H and O–H groups in total. The molecule has 0 bridgehead atoms. The predicted molar refractivity (Wildman–Crippen MR) is 143 cm³/mol. The van der Waals surface area contributed by atoms with Crippen molar-refractivity contribution in [2.45, 2.75) is 9.79 Å². The van der Waals surface area contributed by atoms with Crippen molar-refractivity contribution in [2.75, 3.05) is 5.32 Å². The van der Waals surface area contributed by atoms with Crippen LogP contribution in [-0.4, -0.2) is 45.0 Å². The molecule has 1 heterocycles. The third kappa shape index (κ3) is 11.5. The molecule has 23 heteroatoms. The summed E-state index contributed by atoms with van der Waals surface area (Å²) >= 11 is 0.463. The van der Waals surface area contributed by atoms with Crippen molar-refractivity contribution in [2.24, 2.45) is 15.3 Å². The van der Waals surface area contributed by atoms with Crippen LogP contribution in [0.4, 0.5) is 31.7 Å². The summed E-state index contributed by atoms with van der Waals surface area (Å²) in [6.45, 7) is 0. The zero-order valence-corrected chi connectivity index (χ0v) is 30.2. The van der Waals surface area contributed by atoms with Crippen LogP contribution in [0.15, 0.2) is 92.1 Å². The van der Waals surface area contributed by atoms with Gasteiger partial charge in [-0.05, 0) is 24.3 Å². The number of carboxylic acids is 1. The van der Waals surface area contributed by atoms with Gasteiger partial charge in [0.2, 0.25) is 5.82 Å². The molecular formula is C24H14CuF2N7Na2O9S2. The van der Waals surface area contributed by atoms with Gasteiger partial charge in [-0.2, -0.15) is 13.1 Å². The summed E-state index contributed by atoms with van der Waals surface area (Å²) in [4.78, 5) is 17.5. The minimum atomic E-state index is -5.18. The van der Waals surface area contributed by atoms with Gasteiger partial charge in [0.05, 0.1) is 22.6 Å². The van der Waals surface area contributed by atoms with Crippen molar-refractivity contribution >= 4 is 56.8 Å². The van der Waals surface area contributed by atoms with Crippen LogP contribution in [-0.2, 0) is 36.6 Å². The van der Waals surface area contributed by atoms with E-state index in [1.165, 1.54) is 24.3 Å². The Hall–Kier alpha value is -2.60. The fourth-order valence-electron chi connectivity index (χ4n) is 3.28. The molecule has 0 aliphatic carbocycles. The maximum absolute atomic E-state index is 14.1. The fourth-order valence-corrected chi connectivity index (χ4v) is 4.19. The van der Waals surface area contributed by atoms with E-state index in [-0.39, 0.29) is 104 Å². The number of aromatic hydroxyl groups is 1. The van der Waals surface area contributed by atoms with E-state index in [9.17, 15) is 42.0 Å². The number of anilines is 2. The number of halogens is 2. The first-order valence-corrected chi connectivity index (χ1v) is 13.6. The van der Waals surface area contributed by atoms with Gasteiger partial charge in [-0.25, -0.2) is 23.2 Å². The Morgan fingerprint density at radius 2 is 1.77 bits per heavy atom. The zero-order chi connectivity index (χ0) is 31.9. The molecule has 47 heavy (non-hydrogen) atoms. The number of azo groups is 1. The number of carboxylic acid groups (broad SMARTS) is 1. The average Bonchev–Trinajstić information content (AvgIpc) is 2.99. The van der Waals surface area contributed by atoms with E-state index in [0.29, 0.717) is 30.5 Å². The van der Waals surface area contributed by atoms with Gasteiger partial charge >= 0.3 is 82.2 Å². The molecule has 0 saturated carbocycles. The second kappa shape index (κ2) is 19.4. The quantitative estimate of drug-likeness (QED) is 0.0146. The monoisotopic (exact) mass is 755 g/mol. The van der Waals surface area contributed by atoms with Gasteiger partial charge in [-0.3, -0.25) is 5.04 Å². The SMILES string of the molecule is O=C(O)c1ccc(SOO[O-])cc1[N-]/N=C(\N=Nc1cc(S(=O)(=O)[O-])cc(Nc2ncnc(F)c2F)c1O)c1ccccc1.[Cu+].[Na+].[Na+]. The molecule has 3 aromatic carbocycles. The first-order chi connectivity index (χ1) is 21.0. The van der Waals surface area contributed by atoms with E-state index in [0.717, 1.165) is 6.07 Å². The second-order valence-electron chi connectivity index (χ2n) is 8.04. The third-order valence-corrected chi connectivity index (χ3v) is 6.63. The number of rotatable bonds is 11. The van der Waals surface area contributed by atoms with Gasteiger partial charge in [0.25, 0.3) is 5.95 Å². The number of phenols is 1. The molecule has 0 saturated heterocycles. The number of nitrogens with zero attached hydrogens (tertiary/aromatic N) is 6. The molecule has 238 valence electrons. The van der Waals surface area contributed by atoms with Crippen molar-refractivity contribution < 1.29 is 128 Å². The number of carbonyl (C=O) groups is 1. The maximum atomic E-state index is 14.1. The van der Waals surface area contributed by atoms with E-state index in [2.05, 4.69) is 45.4 Å². The standard InChI is InChI=1S/C24H17F2N7O9S2.Cu.2Na/c25-19-21(26)27-11-28-23(19)29-17-9-14(44(38,39)40)10-18(20(17)34)31-33-22(12-4-2-1-3-5-12)32-30-16-8-13(43-42-41-37)6-7-15(16)24(35)36;;;/h1-11H,(H6,27,28,29,30,31,32,33,34,35,36,37,38,39,40);;;/q;3*+1/p-3. The van der Waals surface area contributed by atoms with Crippen LogP contribution < -0.4 is 69.7 Å². The Morgan fingerprint density at radius 1 is 1.06 bits per heavy atom. The zero-order valence-electron chi connectivity index (χ0n) is 23.7. The number of benzene rings is 3. The van der Waals surface area contributed by atoms with Crippen molar-refractivity contribution in [3.05, 3.63) is 95.3 Å². The molecular weight excluding hydrogens is 742 g/mol. The molecule has 0 atom stereocenters. The molecule has 0 aliphatic rings. The Labute approximate surface area is 323 Å². The molecule has 0 fully saturated rings. The molecule has 0 amide bonds.